The van der Waals surface area contributed by atoms with E-state index in [4.69, 9.17) is 0 Å². The molecule has 16 heavy (non-hydrogen) atoms. The lowest BCUT2D eigenvalue weighted by Crippen LogP contribution is -2.29. The summed E-state index contributed by atoms with van der Waals surface area (Å²) in [6.45, 7) is 4.37. The van der Waals surface area contributed by atoms with Gasteiger partial charge >= 0.3 is 0 Å². The molecule has 0 aliphatic carbocycles. The lowest BCUT2D eigenvalue weighted by molar-refractivity contribution is 0.0953. The minimum atomic E-state index is -0.387. The van der Waals surface area contributed by atoms with Crippen LogP contribution in [0.25, 0.3) is 0 Å². The van der Waals surface area contributed by atoms with Gasteiger partial charge in [0.2, 0.25) is 0 Å². The first-order chi connectivity index (χ1) is 7.54. The highest BCUT2D eigenvalue weighted by Crippen LogP contribution is 2.10. The molecule has 0 aliphatic heterocycles. The molecule has 1 rings (SSSR count). The number of nitrogens with one attached hydrogen (secondary N) is 1. The van der Waals surface area contributed by atoms with Crippen molar-refractivity contribution in [3.8, 4) is 0 Å². The van der Waals surface area contributed by atoms with E-state index in [9.17, 15) is 9.18 Å². The predicted molar refractivity (Wildman–Crippen MR) is 66.5 cm³/mol. The molecule has 2 nitrogen and oxygen atoms in total. The Hall–Kier alpha value is -0.900. The highest BCUT2D eigenvalue weighted by atomic mass is 79.9. The summed E-state index contributed by atoms with van der Waals surface area (Å²) in [5.41, 5.74) is 1.18. The summed E-state index contributed by atoms with van der Waals surface area (Å²) in [5, 5.41) is 2.77. The van der Waals surface area contributed by atoms with Crippen LogP contribution in [0, 0.1) is 12.7 Å². The zero-order chi connectivity index (χ0) is 12.1. The molecule has 1 aromatic rings. The van der Waals surface area contributed by atoms with Gasteiger partial charge in [-0.25, -0.2) is 4.39 Å². The Morgan fingerprint density at radius 3 is 2.88 bits per heavy atom. The summed E-state index contributed by atoms with van der Waals surface area (Å²) >= 11 is 3.42. The van der Waals surface area contributed by atoms with Gasteiger partial charge < -0.3 is 5.32 Å². The van der Waals surface area contributed by atoms with Crippen molar-refractivity contribution in [3.05, 3.63) is 35.1 Å². The fraction of sp³-hybridized carbons (Fsp3) is 0.417. The standard InChI is InChI=1S/C12H15BrFNO/c1-3-9(13)7-15-12(16)11-6-10(14)5-4-8(11)2/h4-6,9H,3,7H2,1-2H3,(H,15,16). The Bertz CT molecular complexity index is 381. The topological polar surface area (TPSA) is 29.1 Å². The van der Waals surface area contributed by atoms with Crippen LogP contribution in [0.3, 0.4) is 0 Å². The Morgan fingerprint density at radius 1 is 1.56 bits per heavy atom. The highest BCUT2D eigenvalue weighted by Gasteiger charge is 2.11. The summed E-state index contributed by atoms with van der Waals surface area (Å²) in [6.07, 6.45) is 0.933. The van der Waals surface area contributed by atoms with E-state index < -0.39 is 0 Å². The average molecular weight is 288 g/mol. The maximum Gasteiger partial charge on any atom is 0.251 e. The van der Waals surface area contributed by atoms with Crippen LogP contribution in [0.15, 0.2) is 18.2 Å². The quantitative estimate of drug-likeness (QED) is 0.848. The van der Waals surface area contributed by atoms with Crippen molar-refractivity contribution in [2.45, 2.75) is 25.1 Å². The number of benzene rings is 1. The summed E-state index contributed by atoms with van der Waals surface area (Å²) in [7, 11) is 0. The largest absolute Gasteiger partial charge is 0.351 e. The fourth-order valence-electron chi connectivity index (χ4n) is 1.28. The van der Waals surface area contributed by atoms with Gasteiger partial charge in [0.25, 0.3) is 5.91 Å². The normalized spacial score (nSPS) is 12.2. The van der Waals surface area contributed by atoms with Crippen molar-refractivity contribution < 1.29 is 9.18 Å². The molecule has 0 bridgehead atoms. The lowest BCUT2D eigenvalue weighted by Gasteiger charge is -2.10. The molecule has 1 N–H and O–H groups in total. The number of rotatable bonds is 4. The highest BCUT2D eigenvalue weighted by molar-refractivity contribution is 9.09. The summed E-state index contributed by atoms with van der Waals surface area (Å²) in [5.74, 6) is -0.614. The molecule has 0 aliphatic rings. The molecular weight excluding hydrogens is 273 g/mol. The lowest BCUT2D eigenvalue weighted by atomic mass is 10.1. The average Bonchev–Trinajstić information content (AvgIpc) is 2.28. The smallest absolute Gasteiger partial charge is 0.251 e. The van der Waals surface area contributed by atoms with E-state index in [2.05, 4.69) is 21.2 Å². The van der Waals surface area contributed by atoms with Crippen LogP contribution in [-0.4, -0.2) is 17.3 Å². The first-order valence-corrected chi connectivity index (χ1v) is 6.14. The van der Waals surface area contributed by atoms with Crippen molar-refractivity contribution >= 4 is 21.8 Å². The van der Waals surface area contributed by atoms with Crippen LogP contribution in [0.1, 0.15) is 29.3 Å². The second-order valence-corrected chi connectivity index (χ2v) is 4.97. The second-order valence-electron chi connectivity index (χ2n) is 3.67. The molecule has 1 aromatic carbocycles. The summed E-state index contributed by atoms with van der Waals surface area (Å²) < 4.78 is 13.0. The van der Waals surface area contributed by atoms with E-state index in [0.717, 1.165) is 12.0 Å². The van der Waals surface area contributed by atoms with Crippen molar-refractivity contribution in [1.82, 2.24) is 5.32 Å². The number of halogens is 2. The van der Waals surface area contributed by atoms with Crippen LogP contribution in [0.4, 0.5) is 4.39 Å². The van der Waals surface area contributed by atoms with Crippen molar-refractivity contribution in [3.63, 3.8) is 0 Å². The third-order valence-electron chi connectivity index (χ3n) is 2.37. The van der Waals surface area contributed by atoms with Crippen molar-refractivity contribution in [2.75, 3.05) is 6.54 Å². The van der Waals surface area contributed by atoms with E-state index in [-0.39, 0.29) is 16.6 Å². The fourth-order valence-corrected chi connectivity index (χ4v) is 1.44. The molecule has 0 fully saturated rings. The minimum absolute atomic E-state index is 0.227. The number of hydrogen-bond donors (Lipinski definition) is 1. The molecule has 1 amide bonds. The van der Waals surface area contributed by atoms with E-state index in [1.165, 1.54) is 12.1 Å². The van der Waals surface area contributed by atoms with Crippen LogP contribution < -0.4 is 5.32 Å². The number of hydrogen-bond acceptors (Lipinski definition) is 1. The van der Waals surface area contributed by atoms with E-state index in [1.54, 1.807) is 13.0 Å². The third-order valence-corrected chi connectivity index (χ3v) is 3.34. The molecule has 0 heterocycles. The Labute approximate surface area is 103 Å². The third kappa shape index (κ3) is 3.59. The molecule has 0 radical (unpaired) electrons. The van der Waals surface area contributed by atoms with Crippen molar-refractivity contribution in [1.29, 1.82) is 0 Å². The Balaban J connectivity index is 2.69. The molecule has 0 spiro atoms. The first kappa shape index (κ1) is 13.2. The van der Waals surface area contributed by atoms with Gasteiger partial charge in [-0.15, -0.1) is 0 Å². The van der Waals surface area contributed by atoms with E-state index in [0.29, 0.717) is 12.1 Å². The molecule has 4 heteroatoms. The number of amides is 1. The van der Waals surface area contributed by atoms with Gasteiger partial charge in [-0.2, -0.15) is 0 Å². The van der Waals surface area contributed by atoms with E-state index in [1.807, 2.05) is 6.92 Å². The van der Waals surface area contributed by atoms with Gasteiger partial charge in [-0.05, 0) is 31.0 Å². The van der Waals surface area contributed by atoms with Crippen LogP contribution >= 0.6 is 15.9 Å². The molecule has 0 saturated heterocycles. The van der Waals surface area contributed by atoms with Crippen LogP contribution in [-0.2, 0) is 0 Å². The van der Waals surface area contributed by atoms with Crippen LogP contribution in [0.5, 0.6) is 0 Å². The maximum absolute atomic E-state index is 13.0. The van der Waals surface area contributed by atoms with Crippen molar-refractivity contribution in [2.24, 2.45) is 0 Å². The molecule has 0 saturated carbocycles. The zero-order valence-electron chi connectivity index (χ0n) is 9.39. The number of carbonyl (C=O) groups excluding carboxylic acids is 1. The Kier molecular flexibility index (Phi) is 4.93. The number of carbonyl (C=O) groups is 1. The summed E-state index contributed by atoms with van der Waals surface area (Å²) in [4.78, 5) is 12.0. The Morgan fingerprint density at radius 2 is 2.25 bits per heavy atom. The van der Waals surface area contributed by atoms with Gasteiger partial charge in [0, 0.05) is 16.9 Å². The van der Waals surface area contributed by atoms with E-state index >= 15 is 0 Å². The molecule has 88 valence electrons. The van der Waals surface area contributed by atoms with Gasteiger partial charge in [0.05, 0.1) is 0 Å². The number of alkyl halides is 1. The van der Waals surface area contributed by atoms with Gasteiger partial charge in [0.15, 0.2) is 0 Å². The predicted octanol–water partition coefficient (Wildman–Crippen LogP) is 3.04. The van der Waals surface area contributed by atoms with Gasteiger partial charge in [-0.3, -0.25) is 4.79 Å². The number of aryl methyl sites for hydroxylation is 1. The van der Waals surface area contributed by atoms with Gasteiger partial charge in [-0.1, -0.05) is 28.9 Å². The first-order valence-electron chi connectivity index (χ1n) is 5.23. The molecule has 0 aromatic heterocycles. The SMILES string of the molecule is CCC(Br)CNC(=O)c1cc(F)ccc1C. The molecule has 1 unspecified atom stereocenters. The molecule has 1 atom stereocenters. The van der Waals surface area contributed by atoms with Crippen LogP contribution in [0.2, 0.25) is 0 Å². The zero-order valence-corrected chi connectivity index (χ0v) is 11.0. The second kappa shape index (κ2) is 5.99. The molecular formula is C12H15BrFNO. The summed E-state index contributed by atoms with van der Waals surface area (Å²) in [6, 6.07) is 4.22. The van der Waals surface area contributed by atoms with Gasteiger partial charge in [0.1, 0.15) is 5.82 Å². The maximum atomic E-state index is 13.0. The monoisotopic (exact) mass is 287 g/mol. The minimum Gasteiger partial charge on any atom is -0.351 e.